The van der Waals surface area contributed by atoms with Gasteiger partial charge in [0.25, 0.3) is 0 Å². The zero-order valence-corrected chi connectivity index (χ0v) is 12.7. The highest BCUT2D eigenvalue weighted by atomic mass is 16.2. The van der Waals surface area contributed by atoms with Gasteiger partial charge in [-0.05, 0) is 44.4 Å². The molecule has 0 aliphatic rings. The van der Waals surface area contributed by atoms with E-state index in [9.17, 15) is 9.59 Å². The summed E-state index contributed by atoms with van der Waals surface area (Å²) in [5, 5.41) is 5.55. The molecule has 1 aromatic carbocycles. The molecule has 2 amide bonds. The Bertz CT molecular complexity index is 464. The number of anilines is 1. The van der Waals surface area contributed by atoms with Gasteiger partial charge in [0, 0.05) is 12.2 Å². The highest BCUT2D eigenvalue weighted by Gasteiger charge is 2.35. The van der Waals surface area contributed by atoms with Crippen LogP contribution in [0.15, 0.2) is 24.3 Å². The van der Waals surface area contributed by atoms with E-state index in [4.69, 9.17) is 0 Å². The number of rotatable bonds is 6. The van der Waals surface area contributed by atoms with Crippen molar-refractivity contribution in [2.45, 2.75) is 40.5 Å². The summed E-state index contributed by atoms with van der Waals surface area (Å²) in [5.41, 5.74) is 0.838. The van der Waals surface area contributed by atoms with E-state index in [2.05, 4.69) is 17.6 Å². The number of hydrogen-bond acceptors (Lipinski definition) is 2. The van der Waals surface area contributed by atoms with Gasteiger partial charge in [-0.1, -0.05) is 26.0 Å². The van der Waals surface area contributed by atoms with E-state index in [-0.39, 0.29) is 11.8 Å². The fraction of sp³-hybridized carbons (Fsp3) is 0.500. The molecule has 0 spiro atoms. The molecule has 0 aliphatic heterocycles. The van der Waals surface area contributed by atoms with Gasteiger partial charge in [-0.3, -0.25) is 9.59 Å². The minimum absolute atomic E-state index is 0.248. The Kier molecular flexibility index (Phi) is 5.74. The van der Waals surface area contributed by atoms with Crippen LogP contribution in [0.4, 0.5) is 5.69 Å². The van der Waals surface area contributed by atoms with Gasteiger partial charge < -0.3 is 10.6 Å². The number of nitrogens with one attached hydrogen (secondary N) is 2. The minimum Gasteiger partial charge on any atom is -0.355 e. The van der Waals surface area contributed by atoms with Crippen molar-refractivity contribution in [3.05, 3.63) is 29.8 Å². The molecule has 4 nitrogen and oxygen atoms in total. The third kappa shape index (κ3) is 4.08. The smallest absolute Gasteiger partial charge is 0.239 e. The van der Waals surface area contributed by atoms with Crippen LogP contribution in [0.3, 0.4) is 0 Å². The second kappa shape index (κ2) is 7.08. The minimum atomic E-state index is -1.08. The van der Waals surface area contributed by atoms with E-state index in [0.29, 0.717) is 12.2 Å². The number of carbonyl (C=O) groups is 2. The maximum Gasteiger partial charge on any atom is 0.239 e. The van der Waals surface area contributed by atoms with E-state index >= 15 is 0 Å². The Balaban J connectivity index is 2.70. The lowest BCUT2D eigenvalue weighted by atomic mass is 9.91. The molecule has 2 N–H and O–H groups in total. The predicted molar refractivity (Wildman–Crippen MR) is 81.5 cm³/mol. The summed E-state index contributed by atoms with van der Waals surface area (Å²) in [4.78, 5) is 24.2. The van der Waals surface area contributed by atoms with Crippen molar-refractivity contribution < 1.29 is 9.59 Å². The molecular weight excluding hydrogens is 252 g/mol. The van der Waals surface area contributed by atoms with Crippen LogP contribution in [0.5, 0.6) is 0 Å². The highest BCUT2D eigenvalue weighted by Crippen LogP contribution is 2.19. The molecule has 0 fully saturated rings. The molecule has 0 bridgehead atoms. The largest absolute Gasteiger partial charge is 0.355 e. The SMILES string of the molecule is CCCNC(=O)C(C)(C)C(=O)Nc1ccc(CC)cc1. The van der Waals surface area contributed by atoms with E-state index in [1.807, 2.05) is 31.2 Å². The third-order valence-corrected chi connectivity index (χ3v) is 3.29. The van der Waals surface area contributed by atoms with Crippen molar-refractivity contribution in [2.75, 3.05) is 11.9 Å². The summed E-state index contributed by atoms with van der Waals surface area (Å²) in [5.74, 6) is -0.544. The van der Waals surface area contributed by atoms with E-state index in [1.165, 1.54) is 5.56 Å². The lowest BCUT2D eigenvalue weighted by molar-refractivity contribution is -0.138. The Morgan fingerprint density at radius 3 is 2.15 bits per heavy atom. The molecule has 0 radical (unpaired) electrons. The van der Waals surface area contributed by atoms with Crippen molar-refractivity contribution in [2.24, 2.45) is 5.41 Å². The van der Waals surface area contributed by atoms with Crippen LogP contribution in [0, 0.1) is 5.41 Å². The van der Waals surface area contributed by atoms with Crippen molar-refractivity contribution in [3.63, 3.8) is 0 Å². The fourth-order valence-electron chi connectivity index (χ4n) is 1.67. The Labute approximate surface area is 121 Å². The molecule has 1 rings (SSSR count). The lowest BCUT2D eigenvalue weighted by Crippen LogP contribution is -2.45. The fourth-order valence-corrected chi connectivity index (χ4v) is 1.67. The molecule has 0 saturated heterocycles. The van der Waals surface area contributed by atoms with Crippen LogP contribution in [0.2, 0.25) is 0 Å². The standard InChI is InChI=1S/C16H24N2O2/c1-5-11-17-14(19)16(3,4)15(20)18-13-9-7-12(6-2)8-10-13/h7-10H,5-6,11H2,1-4H3,(H,17,19)(H,18,20). The van der Waals surface area contributed by atoms with Gasteiger partial charge in [-0.25, -0.2) is 0 Å². The summed E-state index contributed by atoms with van der Waals surface area (Å²) in [7, 11) is 0. The first kappa shape index (κ1) is 16.2. The van der Waals surface area contributed by atoms with Gasteiger partial charge in [-0.15, -0.1) is 0 Å². The average Bonchev–Trinajstić information content (AvgIpc) is 2.45. The predicted octanol–water partition coefficient (Wildman–Crippen LogP) is 2.74. The van der Waals surface area contributed by atoms with E-state index in [0.717, 1.165) is 12.8 Å². The van der Waals surface area contributed by atoms with Crippen LogP contribution in [-0.2, 0) is 16.0 Å². The Morgan fingerprint density at radius 1 is 1.05 bits per heavy atom. The second-order valence-electron chi connectivity index (χ2n) is 5.39. The van der Waals surface area contributed by atoms with E-state index < -0.39 is 5.41 Å². The van der Waals surface area contributed by atoms with Crippen LogP contribution in [0.1, 0.15) is 39.7 Å². The van der Waals surface area contributed by atoms with Crippen LogP contribution < -0.4 is 10.6 Å². The van der Waals surface area contributed by atoms with E-state index in [1.54, 1.807) is 13.8 Å². The number of benzene rings is 1. The summed E-state index contributed by atoms with van der Waals surface area (Å²) in [6.07, 6.45) is 1.81. The first-order chi connectivity index (χ1) is 9.41. The van der Waals surface area contributed by atoms with Gasteiger partial charge in [0.15, 0.2) is 0 Å². The monoisotopic (exact) mass is 276 g/mol. The Hall–Kier alpha value is -1.84. The maximum atomic E-state index is 12.2. The molecule has 0 aliphatic carbocycles. The van der Waals surface area contributed by atoms with Crippen molar-refractivity contribution in [1.82, 2.24) is 5.32 Å². The molecule has 0 unspecified atom stereocenters. The molecule has 0 heterocycles. The second-order valence-corrected chi connectivity index (χ2v) is 5.39. The maximum absolute atomic E-state index is 12.2. The van der Waals surface area contributed by atoms with Crippen molar-refractivity contribution >= 4 is 17.5 Å². The van der Waals surface area contributed by atoms with Crippen LogP contribution in [0.25, 0.3) is 0 Å². The highest BCUT2D eigenvalue weighted by molar-refractivity contribution is 6.09. The summed E-state index contributed by atoms with van der Waals surface area (Å²) in [6, 6.07) is 7.66. The molecular formula is C16H24N2O2. The normalized spacial score (nSPS) is 11.0. The van der Waals surface area contributed by atoms with Gasteiger partial charge in [0.1, 0.15) is 5.41 Å². The molecule has 0 atom stereocenters. The van der Waals surface area contributed by atoms with Crippen LogP contribution >= 0.6 is 0 Å². The Morgan fingerprint density at radius 2 is 1.65 bits per heavy atom. The summed E-state index contributed by atoms with van der Waals surface area (Å²) < 4.78 is 0. The zero-order chi connectivity index (χ0) is 15.2. The van der Waals surface area contributed by atoms with Gasteiger partial charge >= 0.3 is 0 Å². The molecule has 0 saturated carbocycles. The molecule has 110 valence electrons. The summed E-state index contributed by atoms with van der Waals surface area (Å²) >= 11 is 0. The van der Waals surface area contributed by atoms with Gasteiger partial charge in [0.2, 0.25) is 11.8 Å². The lowest BCUT2D eigenvalue weighted by Gasteiger charge is -2.22. The summed E-state index contributed by atoms with van der Waals surface area (Å²) in [6.45, 7) is 7.90. The zero-order valence-electron chi connectivity index (χ0n) is 12.7. The van der Waals surface area contributed by atoms with Crippen molar-refractivity contribution in [3.8, 4) is 0 Å². The molecule has 20 heavy (non-hydrogen) atoms. The first-order valence-corrected chi connectivity index (χ1v) is 7.10. The number of hydrogen-bond donors (Lipinski definition) is 2. The van der Waals surface area contributed by atoms with Crippen LogP contribution in [-0.4, -0.2) is 18.4 Å². The number of carbonyl (C=O) groups excluding carboxylic acids is 2. The number of amides is 2. The average molecular weight is 276 g/mol. The molecule has 4 heteroatoms. The molecule has 0 aromatic heterocycles. The van der Waals surface area contributed by atoms with Gasteiger partial charge in [-0.2, -0.15) is 0 Å². The quantitative estimate of drug-likeness (QED) is 0.785. The van der Waals surface area contributed by atoms with Gasteiger partial charge in [0.05, 0.1) is 0 Å². The first-order valence-electron chi connectivity index (χ1n) is 7.10. The van der Waals surface area contributed by atoms with Crippen molar-refractivity contribution in [1.29, 1.82) is 0 Å². The topological polar surface area (TPSA) is 58.2 Å². The molecule has 1 aromatic rings. The third-order valence-electron chi connectivity index (χ3n) is 3.29. The number of aryl methyl sites for hydroxylation is 1.